The molecule has 1 saturated carbocycles. The summed E-state index contributed by atoms with van der Waals surface area (Å²) in [6.07, 6.45) is 11.0. The summed E-state index contributed by atoms with van der Waals surface area (Å²) in [5, 5.41) is 0. The SMILES string of the molecule is CC(C)C1CCCN(CC2CCCCCC2N)CC1. The minimum atomic E-state index is 0.464. The fraction of sp³-hybridized carbons (Fsp3) is 1.00. The van der Waals surface area contributed by atoms with Gasteiger partial charge in [0.15, 0.2) is 0 Å². The molecule has 2 N–H and O–H groups in total. The van der Waals surface area contributed by atoms with E-state index in [1.54, 1.807) is 0 Å². The quantitative estimate of drug-likeness (QED) is 0.790. The predicted octanol–water partition coefficient (Wildman–Crippen LogP) is 3.65. The number of hydrogen-bond donors (Lipinski definition) is 1. The van der Waals surface area contributed by atoms with Crippen LogP contribution >= 0.6 is 0 Å². The number of likely N-dealkylation sites (tertiary alicyclic amines) is 1. The smallest absolute Gasteiger partial charge is 0.00793 e. The van der Waals surface area contributed by atoms with E-state index >= 15 is 0 Å². The minimum Gasteiger partial charge on any atom is -0.327 e. The van der Waals surface area contributed by atoms with Crippen LogP contribution in [-0.2, 0) is 0 Å². The Bertz CT molecular complexity index is 252. The van der Waals surface area contributed by atoms with E-state index in [0.29, 0.717) is 6.04 Å². The third-order valence-corrected chi connectivity index (χ3v) is 5.52. The normalized spacial score (nSPS) is 35.1. The first kappa shape index (κ1) is 15.3. The van der Waals surface area contributed by atoms with E-state index in [2.05, 4.69) is 18.7 Å². The Hall–Kier alpha value is -0.0800. The highest BCUT2D eigenvalue weighted by atomic mass is 15.1. The highest BCUT2D eigenvalue weighted by molar-refractivity contribution is 4.81. The predicted molar refractivity (Wildman–Crippen MR) is 83.2 cm³/mol. The molecule has 2 aliphatic rings. The van der Waals surface area contributed by atoms with Crippen LogP contribution in [-0.4, -0.2) is 30.6 Å². The molecule has 2 fully saturated rings. The molecule has 0 aromatic heterocycles. The number of rotatable bonds is 3. The molecular weight excluding hydrogens is 232 g/mol. The van der Waals surface area contributed by atoms with Crippen LogP contribution in [0, 0.1) is 17.8 Å². The highest BCUT2D eigenvalue weighted by Gasteiger charge is 2.25. The molecule has 1 heterocycles. The molecule has 19 heavy (non-hydrogen) atoms. The van der Waals surface area contributed by atoms with Crippen molar-refractivity contribution in [2.24, 2.45) is 23.5 Å². The van der Waals surface area contributed by atoms with Gasteiger partial charge in [0.05, 0.1) is 0 Å². The highest BCUT2D eigenvalue weighted by Crippen LogP contribution is 2.27. The van der Waals surface area contributed by atoms with Crippen LogP contribution in [0.2, 0.25) is 0 Å². The molecule has 1 saturated heterocycles. The van der Waals surface area contributed by atoms with Crippen molar-refractivity contribution in [1.82, 2.24) is 4.90 Å². The van der Waals surface area contributed by atoms with E-state index in [-0.39, 0.29) is 0 Å². The fourth-order valence-corrected chi connectivity index (χ4v) is 4.00. The summed E-state index contributed by atoms with van der Waals surface area (Å²) >= 11 is 0. The molecule has 0 bridgehead atoms. The van der Waals surface area contributed by atoms with Crippen molar-refractivity contribution in [3.05, 3.63) is 0 Å². The van der Waals surface area contributed by atoms with Crippen molar-refractivity contribution < 1.29 is 0 Å². The monoisotopic (exact) mass is 266 g/mol. The topological polar surface area (TPSA) is 29.3 Å². The van der Waals surface area contributed by atoms with E-state index in [4.69, 9.17) is 5.73 Å². The van der Waals surface area contributed by atoms with E-state index in [9.17, 15) is 0 Å². The lowest BCUT2D eigenvalue weighted by molar-refractivity contribution is 0.208. The average molecular weight is 266 g/mol. The summed E-state index contributed by atoms with van der Waals surface area (Å²) in [5.41, 5.74) is 6.38. The van der Waals surface area contributed by atoms with Gasteiger partial charge in [-0.25, -0.2) is 0 Å². The van der Waals surface area contributed by atoms with Crippen molar-refractivity contribution in [3.8, 4) is 0 Å². The molecule has 2 rings (SSSR count). The number of nitrogens with two attached hydrogens (primary N) is 1. The van der Waals surface area contributed by atoms with Gasteiger partial charge in [-0.2, -0.15) is 0 Å². The van der Waals surface area contributed by atoms with Crippen molar-refractivity contribution in [2.45, 2.75) is 71.3 Å². The molecule has 1 aliphatic heterocycles. The molecule has 112 valence electrons. The Morgan fingerprint density at radius 3 is 2.53 bits per heavy atom. The zero-order chi connectivity index (χ0) is 13.7. The summed E-state index contributed by atoms with van der Waals surface area (Å²) in [6, 6.07) is 0.464. The second kappa shape index (κ2) is 7.64. The summed E-state index contributed by atoms with van der Waals surface area (Å²) in [4.78, 5) is 2.72. The molecule has 0 amide bonds. The third-order valence-electron chi connectivity index (χ3n) is 5.52. The second-order valence-corrected chi connectivity index (χ2v) is 7.30. The molecule has 0 spiro atoms. The Kier molecular flexibility index (Phi) is 6.15. The third kappa shape index (κ3) is 4.75. The Labute approximate surface area is 120 Å². The van der Waals surface area contributed by atoms with Gasteiger partial charge in [0.1, 0.15) is 0 Å². The molecule has 1 aliphatic carbocycles. The largest absolute Gasteiger partial charge is 0.327 e. The number of hydrogen-bond acceptors (Lipinski definition) is 2. The van der Waals surface area contributed by atoms with Crippen molar-refractivity contribution in [3.63, 3.8) is 0 Å². The first-order chi connectivity index (χ1) is 9.16. The van der Waals surface area contributed by atoms with Crippen LogP contribution in [0.5, 0.6) is 0 Å². The summed E-state index contributed by atoms with van der Waals surface area (Å²) in [6.45, 7) is 8.67. The van der Waals surface area contributed by atoms with Crippen molar-refractivity contribution in [1.29, 1.82) is 0 Å². The maximum atomic E-state index is 6.38. The van der Waals surface area contributed by atoms with Crippen LogP contribution in [0.1, 0.15) is 65.2 Å². The van der Waals surface area contributed by atoms with Gasteiger partial charge in [0, 0.05) is 12.6 Å². The second-order valence-electron chi connectivity index (χ2n) is 7.30. The Balaban J connectivity index is 1.81. The van der Waals surface area contributed by atoms with Gasteiger partial charge < -0.3 is 10.6 Å². The van der Waals surface area contributed by atoms with Crippen LogP contribution in [0.15, 0.2) is 0 Å². The van der Waals surface area contributed by atoms with Gasteiger partial charge in [-0.05, 0) is 62.9 Å². The van der Waals surface area contributed by atoms with E-state index in [1.165, 1.54) is 71.0 Å². The van der Waals surface area contributed by atoms with Crippen LogP contribution in [0.4, 0.5) is 0 Å². The van der Waals surface area contributed by atoms with Gasteiger partial charge in [0.25, 0.3) is 0 Å². The summed E-state index contributed by atoms with van der Waals surface area (Å²) in [7, 11) is 0. The van der Waals surface area contributed by atoms with Crippen molar-refractivity contribution >= 4 is 0 Å². The van der Waals surface area contributed by atoms with E-state index < -0.39 is 0 Å². The van der Waals surface area contributed by atoms with E-state index in [1.807, 2.05) is 0 Å². The van der Waals surface area contributed by atoms with Gasteiger partial charge in [-0.3, -0.25) is 0 Å². The van der Waals surface area contributed by atoms with Gasteiger partial charge in [0.2, 0.25) is 0 Å². The van der Waals surface area contributed by atoms with Gasteiger partial charge in [-0.1, -0.05) is 33.1 Å². The van der Waals surface area contributed by atoms with Gasteiger partial charge >= 0.3 is 0 Å². The first-order valence-electron chi connectivity index (χ1n) is 8.64. The maximum absolute atomic E-state index is 6.38. The van der Waals surface area contributed by atoms with Crippen LogP contribution in [0.25, 0.3) is 0 Å². The van der Waals surface area contributed by atoms with E-state index in [0.717, 1.165) is 17.8 Å². The Morgan fingerprint density at radius 1 is 0.947 bits per heavy atom. The lowest BCUT2D eigenvalue weighted by Gasteiger charge is -2.29. The standard InChI is InChI=1S/C17H34N2/c1-14(2)15-8-6-11-19(12-10-15)13-16-7-4-3-5-9-17(16)18/h14-17H,3-13,18H2,1-2H3. The molecule has 0 aromatic rings. The molecule has 2 heteroatoms. The zero-order valence-corrected chi connectivity index (χ0v) is 13.1. The summed E-state index contributed by atoms with van der Waals surface area (Å²) < 4.78 is 0. The summed E-state index contributed by atoms with van der Waals surface area (Å²) in [5.74, 6) is 2.57. The fourth-order valence-electron chi connectivity index (χ4n) is 4.00. The minimum absolute atomic E-state index is 0.464. The molecule has 2 nitrogen and oxygen atoms in total. The van der Waals surface area contributed by atoms with Gasteiger partial charge in [-0.15, -0.1) is 0 Å². The molecule has 0 radical (unpaired) electrons. The number of nitrogens with zero attached hydrogens (tertiary/aromatic N) is 1. The first-order valence-corrected chi connectivity index (χ1v) is 8.64. The molecule has 0 aromatic carbocycles. The molecule has 3 atom stereocenters. The lowest BCUT2D eigenvalue weighted by Crippen LogP contribution is -2.39. The van der Waals surface area contributed by atoms with Crippen LogP contribution < -0.4 is 5.73 Å². The maximum Gasteiger partial charge on any atom is 0.00793 e. The average Bonchev–Trinajstić information content (AvgIpc) is 2.72. The Morgan fingerprint density at radius 2 is 1.74 bits per heavy atom. The zero-order valence-electron chi connectivity index (χ0n) is 13.1. The van der Waals surface area contributed by atoms with Crippen molar-refractivity contribution in [2.75, 3.05) is 19.6 Å². The van der Waals surface area contributed by atoms with Crippen LogP contribution in [0.3, 0.4) is 0 Å². The lowest BCUT2D eigenvalue weighted by atomic mass is 9.89. The molecular formula is C17H34N2. The molecule has 3 unspecified atom stereocenters.